The number of carbonyl (C=O) groups excluding carboxylic acids is 1. The van der Waals surface area contributed by atoms with E-state index < -0.39 is 0 Å². The number of hydrogen-bond acceptors (Lipinski definition) is 3. The average molecular weight is 246 g/mol. The molecule has 18 heavy (non-hydrogen) atoms. The number of hydrogen-bond donors (Lipinski definition) is 2. The molecule has 1 aromatic rings. The Morgan fingerprint density at radius 1 is 1.33 bits per heavy atom. The van der Waals surface area contributed by atoms with Gasteiger partial charge in [-0.25, -0.2) is 0 Å². The van der Waals surface area contributed by atoms with E-state index in [1.807, 2.05) is 24.3 Å². The van der Waals surface area contributed by atoms with Gasteiger partial charge in [-0.1, -0.05) is 6.42 Å². The summed E-state index contributed by atoms with van der Waals surface area (Å²) in [6.45, 7) is 2.57. The molecule has 0 aromatic heterocycles. The van der Waals surface area contributed by atoms with E-state index in [2.05, 4.69) is 5.32 Å². The summed E-state index contributed by atoms with van der Waals surface area (Å²) in [5, 5.41) is 3.43. The molecule has 3 heteroatoms. The van der Waals surface area contributed by atoms with Gasteiger partial charge in [-0.15, -0.1) is 0 Å². The first-order valence-electron chi connectivity index (χ1n) is 6.75. The summed E-state index contributed by atoms with van der Waals surface area (Å²) in [4.78, 5) is 11.2. The van der Waals surface area contributed by atoms with Gasteiger partial charge >= 0.3 is 0 Å². The molecule has 2 rings (SSSR count). The molecule has 0 saturated heterocycles. The molecule has 1 saturated carbocycles. The van der Waals surface area contributed by atoms with Crippen LogP contribution < -0.4 is 11.1 Å². The molecule has 0 heterocycles. The Morgan fingerprint density at radius 3 is 2.67 bits per heavy atom. The SMILES string of the molecule is CC(=O)c1ccc(NCC2CCCC(N)C2)cc1. The average Bonchev–Trinajstić information content (AvgIpc) is 2.37. The van der Waals surface area contributed by atoms with Crippen LogP contribution in [0.2, 0.25) is 0 Å². The number of nitrogens with two attached hydrogens (primary N) is 1. The maximum Gasteiger partial charge on any atom is 0.159 e. The highest BCUT2D eigenvalue weighted by Gasteiger charge is 2.18. The molecular weight excluding hydrogens is 224 g/mol. The van der Waals surface area contributed by atoms with Crippen molar-refractivity contribution in [2.75, 3.05) is 11.9 Å². The van der Waals surface area contributed by atoms with Gasteiger partial charge in [-0.3, -0.25) is 4.79 Å². The lowest BCUT2D eigenvalue weighted by Gasteiger charge is -2.27. The van der Waals surface area contributed by atoms with Crippen LogP contribution in [0.1, 0.15) is 43.0 Å². The third-order valence-electron chi connectivity index (χ3n) is 3.71. The van der Waals surface area contributed by atoms with E-state index in [-0.39, 0.29) is 5.78 Å². The minimum atomic E-state index is 0.111. The summed E-state index contributed by atoms with van der Waals surface area (Å²) >= 11 is 0. The van der Waals surface area contributed by atoms with Crippen LogP contribution in [0.5, 0.6) is 0 Å². The fourth-order valence-corrected chi connectivity index (χ4v) is 2.60. The first kappa shape index (κ1) is 13.1. The molecule has 1 aliphatic carbocycles. The summed E-state index contributed by atoms with van der Waals surface area (Å²) in [5.74, 6) is 0.793. The van der Waals surface area contributed by atoms with Crippen molar-refractivity contribution in [3.8, 4) is 0 Å². The number of rotatable bonds is 4. The smallest absolute Gasteiger partial charge is 0.159 e. The van der Waals surface area contributed by atoms with Gasteiger partial charge in [0, 0.05) is 23.8 Å². The fraction of sp³-hybridized carbons (Fsp3) is 0.533. The van der Waals surface area contributed by atoms with Gasteiger partial charge in [0.1, 0.15) is 0 Å². The van der Waals surface area contributed by atoms with E-state index in [0.29, 0.717) is 12.0 Å². The van der Waals surface area contributed by atoms with Crippen molar-refractivity contribution >= 4 is 11.5 Å². The Balaban J connectivity index is 1.84. The van der Waals surface area contributed by atoms with E-state index in [1.54, 1.807) is 6.92 Å². The molecule has 0 bridgehead atoms. The first-order chi connectivity index (χ1) is 8.65. The van der Waals surface area contributed by atoms with Gasteiger partial charge in [-0.05, 0) is 56.4 Å². The van der Waals surface area contributed by atoms with E-state index in [0.717, 1.165) is 24.2 Å². The van der Waals surface area contributed by atoms with Gasteiger partial charge in [0.25, 0.3) is 0 Å². The molecule has 2 atom stereocenters. The lowest BCUT2D eigenvalue weighted by Crippen LogP contribution is -2.30. The number of ketones is 1. The zero-order valence-corrected chi connectivity index (χ0v) is 11.0. The lowest BCUT2D eigenvalue weighted by atomic mass is 9.86. The zero-order valence-electron chi connectivity index (χ0n) is 11.0. The summed E-state index contributed by atoms with van der Waals surface area (Å²) in [6.07, 6.45) is 4.81. The van der Waals surface area contributed by atoms with E-state index >= 15 is 0 Å². The lowest BCUT2D eigenvalue weighted by molar-refractivity contribution is 0.101. The molecule has 1 aromatic carbocycles. The molecule has 3 N–H and O–H groups in total. The van der Waals surface area contributed by atoms with Crippen molar-refractivity contribution < 1.29 is 4.79 Å². The van der Waals surface area contributed by atoms with Gasteiger partial charge in [0.05, 0.1) is 0 Å². The zero-order chi connectivity index (χ0) is 13.0. The molecule has 2 unspecified atom stereocenters. The van der Waals surface area contributed by atoms with E-state index in [9.17, 15) is 4.79 Å². The third-order valence-corrected chi connectivity index (χ3v) is 3.71. The first-order valence-corrected chi connectivity index (χ1v) is 6.75. The van der Waals surface area contributed by atoms with Crippen LogP contribution in [0.15, 0.2) is 24.3 Å². The van der Waals surface area contributed by atoms with Crippen LogP contribution in [-0.2, 0) is 0 Å². The molecule has 1 aliphatic rings. The second-order valence-corrected chi connectivity index (χ2v) is 5.31. The largest absolute Gasteiger partial charge is 0.385 e. The van der Waals surface area contributed by atoms with Crippen molar-refractivity contribution in [1.29, 1.82) is 0 Å². The Bertz CT molecular complexity index is 399. The topological polar surface area (TPSA) is 55.1 Å². The standard InChI is InChI=1S/C15H22N2O/c1-11(18)13-5-7-15(8-6-13)17-10-12-3-2-4-14(16)9-12/h5-8,12,14,17H,2-4,9-10,16H2,1H3. The molecule has 0 aliphatic heterocycles. The van der Waals surface area contributed by atoms with Crippen molar-refractivity contribution in [3.63, 3.8) is 0 Å². The molecule has 1 fully saturated rings. The molecule has 0 amide bonds. The Kier molecular flexibility index (Phi) is 4.37. The van der Waals surface area contributed by atoms with Gasteiger partial charge in [0.15, 0.2) is 5.78 Å². The minimum absolute atomic E-state index is 0.111. The van der Waals surface area contributed by atoms with Crippen molar-refractivity contribution in [2.24, 2.45) is 11.7 Å². The molecule has 3 nitrogen and oxygen atoms in total. The molecule has 0 radical (unpaired) electrons. The Labute approximate surface area is 109 Å². The highest BCUT2D eigenvalue weighted by Crippen LogP contribution is 2.23. The van der Waals surface area contributed by atoms with Crippen molar-refractivity contribution in [1.82, 2.24) is 0 Å². The number of carbonyl (C=O) groups is 1. The maximum atomic E-state index is 11.2. The quantitative estimate of drug-likeness (QED) is 0.803. The van der Waals surface area contributed by atoms with Gasteiger partial charge < -0.3 is 11.1 Å². The Morgan fingerprint density at radius 2 is 2.06 bits per heavy atom. The van der Waals surface area contributed by atoms with Crippen LogP contribution in [0.3, 0.4) is 0 Å². The predicted molar refractivity (Wildman–Crippen MR) is 74.9 cm³/mol. The number of nitrogens with one attached hydrogen (secondary N) is 1. The molecule has 98 valence electrons. The number of Topliss-reactive ketones (excluding diaryl/α,β-unsaturated/α-hetero) is 1. The van der Waals surface area contributed by atoms with Crippen LogP contribution in [0.25, 0.3) is 0 Å². The van der Waals surface area contributed by atoms with Gasteiger partial charge in [-0.2, -0.15) is 0 Å². The maximum absolute atomic E-state index is 11.2. The molecule has 0 spiro atoms. The minimum Gasteiger partial charge on any atom is -0.385 e. The summed E-state index contributed by atoms with van der Waals surface area (Å²) in [6, 6.07) is 8.07. The summed E-state index contributed by atoms with van der Waals surface area (Å²) < 4.78 is 0. The van der Waals surface area contributed by atoms with Crippen molar-refractivity contribution in [2.45, 2.75) is 38.6 Å². The van der Waals surface area contributed by atoms with Crippen LogP contribution >= 0.6 is 0 Å². The monoisotopic (exact) mass is 246 g/mol. The van der Waals surface area contributed by atoms with Gasteiger partial charge in [0.2, 0.25) is 0 Å². The van der Waals surface area contributed by atoms with Crippen LogP contribution in [0, 0.1) is 5.92 Å². The summed E-state index contributed by atoms with van der Waals surface area (Å²) in [5.41, 5.74) is 7.83. The second-order valence-electron chi connectivity index (χ2n) is 5.31. The van der Waals surface area contributed by atoms with E-state index in [1.165, 1.54) is 19.3 Å². The van der Waals surface area contributed by atoms with Crippen LogP contribution in [0.4, 0.5) is 5.69 Å². The second kappa shape index (κ2) is 6.01. The predicted octanol–water partition coefficient (Wildman–Crippen LogP) is 2.82. The molecular formula is C15H22N2O. The third kappa shape index (κ3) is 3.57. The highest BCUT2D eigenvalue weighted by molar-refractivity contribution is 5.94. The summed E-state index contributed by atoms with van der Waals surface area (Å²) in [7, 11) is 0. The van der Waals surface area contributed by atoms with E-state index in [4.69, 9.17) is 5.73 Å². The van der Waals surface area contributed by atoms with Crippen molar-refractivity contribution in [3.05, 3.63) is 29.8 Å². The van der Waals surface area contributed by atoms with Crippen LogP contribution in [-0.4, -0.2) is 18.4 Å². The Hall–Kier alpha value is -1.35. The highest BCUT2D eigenvalue weighted by atomic mass is 16.1. The fourth-order valence-electron chi connectivity index (χ4n) is 2.60. The normalized spacial score (nSPS) is 23.7. The number of benzene rings is 1. The number of anilines is 1.